The van der Waals surface area contributed by atoms with Gasteiger partial charge < -0.3 is 21.2 Å². The number of benzene rings is 2. The molecule has 2 heterocycles. The molecule has 5 rings (SSSR count). The Morgan fingerprint density at radius 3 is 2.28 bits per heavy atom. The van der Waals surface area contributed by atoms with Gasteiger partial charge in [-0.2, -0.15) is 0 Å². The lowest BCUT2D eigenvalue weighted by Crippen LogP contribution is -2.52. The number of ether oxygens (including phenoxy) is 1. The average molecular weight is 520 g/mol. The van der Waals surface area contributed by atoms with E-state index < -0.39 is 17.2 Å². The van der Waals surface area contributed by atoms with E-state index in [1.54, 1.807) is 0 Å². The standard InChI is InChI=1S/C32H33N5O2/c1-31(2,3)39-30(38)37-32(16-7-17-32)24-12-10-22(11-13-24)29-25(21-8-5-4-6-9-21)18-28-27(36-29)15-14-26(35-28)23(19-33)20-34/h4-6,8-15,18-20,33H,7,16-17,34H2,1-3H3,(H,37,38)/b23-20+,33-19?. The third-order valence-electron chi connectivity index (χ3n) is 7.04. The number of nitrogens with one attached hydrogen (secondary N) is 2. The van der Waals surface area contributed by atoms with Crippen molar-refractivity contribution in [2.75, 3.05) is 0 Å². The molecule has 0 atom stereocenters. The predicted molar refractivity (Wildman–Crippen MR) is 156 cm³/mol. The van der Waals surface area contributed by atoms with E-state index >= 15 is 0 Å². The molecule has 39 heavy (non-hydrogen) atoms. The van der Waals surface area contributed by atoms with Gasteiger partial charge in [0.05, 0.1) is 28.0 Å². The van der Waals surface area contributed by atoms with Gasteiger partial charge in [-0.25, -0.2) is 14.8 Å². The molecular formula is C32H33N5O2. The van der Waals surface area contributed by atoms with Gasteiger partial charge in [-0.1, -0.05) is 54.6 Å². The van der Waals surface area contributed by atoms with Crippen LogP contribution in [0.25, 0.3) is 39.0 Å². The molecule has 1 aliphatic rings. The lowest BCUT2D eigenvalue weighted by Gasteiger charge is -2.43. The summed E-state index contributed by atoms with van der Waals surface area (Å²) in [6.07, 6.45) is 4.99. The van der Waals surface area contributed by atoms with Crippen molar-refractivity contribution in [2.24, 2.45) is 5.73 Å². The van der Waals surface area contributed by atoms with Gasteiger partial charge in [-0.15, -0.1) is 0 Å². The maximum atomic E-state index is 12.6. The Hall–Kier alpha value is -4.52. The minimum absolute atomic E-state index is 0.392. The Kier molecular flexibility index (Phi) is 6.91. The molecule has 2 aromatic heterocycles. The molecule has 1 amide bonds. The second-order valence-electron chi connectivity index (χ2n) is 10.9. The van der Waals surface area contributed by atoms with Crippen LogP contribution in [0.4, 0.5) is 4.79 Å². The Labute approximate surface area is 228 Å². The third-order valence-corrected chi connectivity index (χ3v) is 7.04. The molecule has 0 spiro atoms. The summed E-state index contributed by atoms with van der Waals surface area (Å²) in [6, 6.07) is 24.2. The monoisotopic (exact) mass is 519 g/mol. The van der Waals surface area contributed by atoms with Gasteiger partial charge >= 0.3 is 6.09 Å². The van der Waals surface area contributed by atoms with Crippen LogP contribution >= 0.6 is 0 Å². The molecule has 7 nitrogen and oxygen atoms in total. The number of hydrogen-bond donors (Lipinski definition) is 3. The smallest absolute Gasteiger partial charge is 0.408 e. The van der Waals surface area contributed by atoms with E-state index in [1.165, 1.54) is 12.4 Å². The maximum absolute atomic E-state index is 12.6. The van der Waals surface area contributed by atoms with Crippen molar-refractivity contribution in [1.29, 1.82) is 5.41 Å². The van der Waals surface area contributed by atoms with Gasteiger partial charge in [0, 0.05) is 29.1 Å². The van der Waals surface area contributed by atoms with Crippen LogP contribution in [0, 0.1) is 5.41 Å². The van der Waals surface area contributed by atoms with E-state index in [1.807, 2.05) is 57.2 Å². The molecule has 198 valence electrons. The first-order valence-corrected chi connectivity index (χ1v) is 13.1. The van der Waals surface area contributed by atoms with Crippen molar-refractivity contribution in [3.8, 4) is 22.4 Å². The number of carbonyl (C=O) groups is 1. The lowest BCUT2D eigenvalue weighted by atomic mass is 9.71. The van der Waals surface area contributed by atoms with Gasteiger partial charge in [0.15, 0.2) is 0 Å². The summed E-state index contributed by atoms with van der Waals surface area (Å²) >= 11 is 0. The van der Waals surface area contributed by atoms with Crippen LogP contribution in [0.2, 0.25) is 0 Å². The highest BCUT2D eigenvalue weighted by Crippen LogP contribution is 2.42. The van der Waals surface area contributed by atoms with E-state index in [9.17, 15) is 4.79 Å². The molecule has 0 aliphatic heterocycles. The quantitative estimate of drug-likeness (QED) is 0.242. The fourth-order valence-electron chi connectivity index (χ4n) is 4.94. The van der Waals surface area contributed by atoms with Crippen LogP contribution in [0.1, 0.15) is 51.3 Å². The van der Waals surface area contributed by atoms with E-state index in [0.29, 0.717) is 11.3 Å². The van der Waals surface area contributed by atoms with Gasteiger partial charge in [0.25, 0.3) is 0 Å². The van der Waals surface area contributed by atoms with E-state index in [2.05, 4.69) is 41.7 Å². The number of amides is 1. The van der Waals surface area contributed by atoms with Crippen LogP contribution in [0.15, 0.2) is 79.0 Å². The highest BCUT2D eigenvalue weighted by Gasteiger charge is 2.41. The Balaban J connectivity index is 1.55. The van der Waals surface area contributed by atoms with Crippen LogP contribution in [-0.2, 0) is 10.3 Å². The third kappa shape index (κ3) is 5.39. The number of pyridine rings is 2. The number of carbonyl (C=O) groups excluding carboxylic acids is 1. The second-order valence-corrected chi connectivity index (χ2v) is 10.9. The van der Waals surface area contributed by atoms with Crippen LogP contribution in [0.5, 0.6) is 0 Å². The molecular weight excluding hydrogens is 486 g/mol. The average Bonchev–Trinajstić information content (AvgIpc) is 2.90. The molecule has 1 aliphatic carbocycles. The van der Waals surface area contributed by atoms with Crippen molar-refractivity contribution >= 4 is 28.9 Å². The molecule has 0 bridgehead atoms. The van der Waals surface area contributed by atoms with Crippen LogP contribution in [0.3, 0.4) is 0 Å². The van der Waals surface area contributed by atoms with E-state index in [-0.39, 0.29) is 0 Å². The fraction of sp³-hybridized carbons (Fsp3) is 0.250. The molecule has 0 radical (unpaired) electrons. The topological polar surface area (TPSA) is 114 Å². The number of alkyl carbamates (subject to hydrolysis) is 1. The summed E-state index contributed by atoms with van der Waals surface area (Å²) in [5.41, 5.74) is 12.2. The van der Waals surface area contributed by atoms with Crippen LogP contribution < -0.4 is 11.1 Å². The SMILES string of the molecule is CC(C)(C)OC(=O)NC1(c2ccc(-c3nc4ccc(/C(C=N)=C/N)nc4cc3-c3ccccc3)cc2)CCC1. The largest absolute Gasteiger partial charge is 0.444 e. The van der Waals surface area contributed by atoms with Crippen molar-refractivity contribution in [3.63, 3.8) is 0 Å². The number of rotatable bonds is 6. The summed E-state index contributed by atoms with van der Waals surface area (Å²) in [5, 5.41) is 10.8. The summed E-state index contributed by atoms with van der Waals surface area (Å²) in [4.78, 5) is 22.4. The maximum Gasteiger partial charge on any atom is 0.408 e. The zero-order valence-corrected chi connectivity index (χ0v) is 22.5. The molecule has 7 heteroatoms. The summed E-state index contributed by atoms with van der Waals surface area (Å²) in [5.74, 6) is 0. The first kappa shape index (κ1) is 26.1. The zero-order valence-electron chi connectivity index (χ0n) is 22.5. The molecule has 1 fully saturated rings. The number of nitrogens with zero attached hydrogens (tertiary/aromatic N) is 2. The molecule has 4 N–H and O–H groups in total. The zero-order chi connectivity index (χ0) is 27.6. The number of fused-ring (bicyclic) bond motifs is 1. The van der Waals surface area contributed by atoms with Crippen molar-refractivity contribution in [1.82, 2.24) is 15.3 Å². The molecule has 2 aromatic carbocycles. The highest BCUT2D eigenvalue weighted by atomic mass is 16.6. The van der Waals surface area contributed by atoms with Gasteiger partial charge in [-0.3, -0.25) is 0 Å². The Morgan fingerprint density at radius 2 is 1.69 bits per heavy atom. The van der Waals surface area contributed by atoms with Crippen molar-refractivity contribution < 1.29 is 9.53 Å². The number of allylic oxidation sites excluding steroid dienone is 1. The van der Waals surface area contributed by atoms with Gasteiger partial charge in [0.2, 0.25) is 0 Å². The summed E-state index contributed by atoms with van der Waals surface area (Å²) in [7, 11) is 0. The van der Waals surface area contributed by atoms with Crippen molar-refractivity contribution in [2.45, 2.75) is 51.2 Å². The van der Waals surface area contributed by atoms with Crippen molar-refractivity contribution in [3.05, 3.63) is 90.3 Å². The number of nitrogens with two attached hydrogens (primary N) is 1. The predicted octanol–water partition coefficient (Wildman–Crippen LogP) is 6.82. The minimum atomic E-state index is -0.550. The van der Waals surface area contributed by atoms with E-state index in [4.69, 9.17) is 25.8 Å². The molecule has 1 saturated carbocycles. The minimum Gasteiger partial charge on any atom is -0.444 e. The second kappa shape index (κ2) is 10.3. The van der Waals surface area contributed by atoms with E-state index in [0.717, 1.165) is 58.2 Å². The first-order valence-electron chi connectivity index (χ1n) is 13.1. The van der Waals surface area contributed by atoms with Crippen LogP contribution in [-0.4, -0.2) is 27.9 Å². The first-order chi connectivity index (χ1) is 18.7. The molecule has 0 unspecified atom stereocenters. The Bertz CT molecular complexity index is 1550. The molecule has 4 aromatic rings. The number of aromatic nitrogens is 2. The van der Waals surface area contributed by atoms with Gasteiger partial charge in [0.1, 0.15) is 5.60 Å². The molecule has 0 saturated heterocycles. The summed E-state index contributed by atoms with van der Waals surface area (Å²) < 4.78 is 5.54. The number of hydrogen-bond acceptors (Lipinski definition) is 6. The lowest BCUT2D eigenvalue weighted by molar-refractivity contribution is 0.0377. The van der Waals surface area contributed by atoms with Gasteiger partial charge in [-0.05, 0) is 69.4 Å². The Morgan fingerprint density at radius 1 is 0.974 bits per heavy atom. The fourth-order valence-corrected chi connectivity index (χ4v) is 4.94. The summed E-state index contributed by atoms with van der Waals surface area (Å²) in [6.45, 7) is 5.61. The normalized spacial score (nSPS) is 14.9. The highest BCUT2D eigenvalue weighted by molar-refractivity contribution is 6.07.